The van der Waals surface area contributed by atoms with Crippen molar-refractivity contribution in [2.45, 2.75) is 25.7 Å². The maximum atomic E-state index is 5.56. The van der Waals surface area contributed by atoms with Gasteiger partial charge in [0.15, 0.2) is 5.82 Å². The van der Waals surface area contributed by atoms with Gasteiger partial charge >= 0.3 is 0 Å². The zero-order chi connectivity index (χ0) is 12.4. The van der Waals surface area contributed by atoms with E-state index in [0.29, 0.717) is 5.82 Å². The summed E-state index contributed by atoms with van der Waals surface area (Å²) in [5.74, 6) is 6.94. The smallest absolute Gasteiger partial charge is 0.180 e. The average molecular weight is 241 g/mol. The van der Waals surface area contributed by atoms with Crippen LogP contribution >= 0.6 is 0 Å². The molecule has 2 aromatic rings. The van der Waals surface area contributed by atoms with Crippen molar-refractivity contribution < 1.29 is 0 Å². The number of fused-ring (bicyclic) bond motifs is 1. The van der Waals surface area contributed by atoms with Crippen LogP contribution < -0.4 is 11.3 Å². The predicted octanol–water partition coefficient (Wildman–Crippen LogP) is 1.70. The van der Waals surface area contributed by atoms with Crippen LogP contribution in [-0.4, -0.2) is 15.0 Å². The molecule has 0 bridgehead atoms. The lowest BCUT2D eigenvalue weighted by atomic mass is 9.96. The molecule has 1 aliphatic carbocycles. The second-order valence-electron chi connectivity index (χ2n) is 4.39. The molecule has 0 unspecified atom stereocenters. The highest BCUT2D eigenvalue weighted by molar-refractivity contribution is 5.56. The Bertz CT molecular complexity index is 536. The molecule has 5 nitrogen and oxygen atoms in total. The Morgan fingerprint density at radius 3 is 2.78 bits per heavy atom. The van der Waals surface area contributed by atoms with Gasteiger partial charge in [0.2, 0.25) is 0 Å². The van der Waals surface area contributed by atoms with Gasteiger partial charge in [-0.15, -0.1) is 0 Å². The summed E-state index contributed by atoms with van der Waals surface area (Å²) in [5.41, 5.74) is 5.72. The summed E-state index contributed by atoms with van der Waals surface area (Å²) < 4.78 is 0. The maximum Gasteiger partial charge on any atom is 0.180 e. The molecule has 92 valence electrons. The molecule has 3 N–H and O–H groups in total. The Morgan fingerprint density at radius 2 is 2.00 bits per heavy atom. The Balaban J connectivity index is 2.12. The number of hydrazine groups is 1. The van der Waals surface area contributed by atoms with Gasteiger partial charge in [-0.05, 0) is 37.8 Å². The van der Waals surface area contributed by atoms with E-state index >= 15 is 0 Å². The van der Waals surface area contributed by atoms with Crippen LogP contribution in [0.2, 0.25) is 0 Å². The number of aryl methyl sites for hydroxylation is 1. The molecular weight excluding hydrogens is 226 g/mol. The molecule has 0 aliphatic heterocycles. The monoisotopic (exact) mass is 241 g/mol. The van der Waals surface area contributed by atoms with E-state index in [9.17, 15) is 0 Å². The average Bonchev–Trinajstić information content (AvgIpc) is 2.47. The number of nitrogens with one attached hydrogen (secondary N) is 1. The molecule has 3 rings (SSSR count). The summed E-state index contributed by atoms with van der Waals surface area (Å²) in [4.78, 5) is 13.4. The normalized spacial score (nSPS) is 14.1. The second-order valence-corrected chi connectivity index (χ2v) is 4.39. The Labute approximate surface area is 105 Å². The third kappa shape index (κ3) is 1.93. The summed E-state index contributed by atoms with van der Waals surface area (Å²) >= 11 is 0. The molecular formula is C13H15N5. The van der Waals surface area contributed by atoms with Crippen LogP contribution in [0.1, 0.15) is 24.1 Å². The Hall–Kier alpha value is -2.01. The summed E-state index contributed by atoms with van der Waals surface area (Å²) in [6.45, 7) is 0. The van der Waals surface area contributed by atoms with E-state index in [2.05, 4.69) is 20.4 Å². The summed E-state index contributed by atoms with van der Waals surface area (Å²) in [7, 11) is 0. The van der Waals surface area contributed by atoms with Gasteiger partial charge in [-0.2, -0.15) is 0 Å². The molecule has 2 aromatic heterocycles. The van der Waals surface area contributed by atoms with Gasteiger partial charge in [0.1, 0.15) is 11.5 Å². The predicted molar refractivity (Wildman–Crippen MR) is 69.7 cm³/mol. The molecule has 0 spiro atoms. The van der Waals surface area contributed by atoms with Gasteiger partial charge in [-0.1, -0.05) is 6.07 Å². The van der Waals surface area contributed by atoms with Crippen molar-refractivity contribution in [1.29, 1.82) is 0 Å². The first-order chi connectivity index (χ1) is 8.88. The minimum absolute atomic E-state index is 0.643. The largest absolute Gasteiger partial charge is 0.308 e. The third-order valence-electron chi connectivity index (χ3n) is 3.21. The van der Waals surface area contributed by atoms with Crippen molar-refractivity contribution in [1.82, 2.24) is 15.0 Å². The van der Waals surface area contributed by atoms with Crippen LogP contribution in [-0.2, 0) is 12.8 Å². The van der Waals surface area contributed by atoms with Crippen molar-refractivity contribution in [2.24, 2.45) is 5.84 Å². The highest BCUT2D eigenvalue weighted by atomic mass is 15.3. The Kier molecular flexibility index (Phi) is 2.90. The van der Waals surface area contributed by atoms with Gasteiger partial charge in [-0.3, -0.25) is 4.98 Å². The molecule has 0 saturated carbocycles. The summed E-state index contributed by atoms with van der Waals surface area (Å²) in [5, 5.41) is 0. The van der Waals surface area contributed by atoms with Crippen molar-refractivity contribution in [2.75, 3.05) is 5.43 Å². The van der Waals surface area contributed by atoms with Gasteiger partial charge in [0.05, 0.1) is 0 Å². The van der Waals surface area contributed by atoms with Crippen molar-refractivity contribution in [3.8, 4) is 11.5 Å². The lowest BCUT2D eigenvalue weighted by Gasteiger charge is -2.18. The lowest BCUT2D eigenvalue weighted by molar-refractivity contribution is 0.664. The van der Waals surface area contributed by atoms with Crippen LogP contribution in [0.4, 0.5) is 5.82 Å². The molecule has 0 radical (unpaired) electrons. The minimum Gasteiger partial charge on any atom is -0.308 e. The zero-order valence-corrected chi connectivity index (χ0v) is 10.1. The summed E-state index contributed by atoms with van der Waals surface area (Å²) in [6, 6.07) is 5.72. The molecule has 0 aromatic carbocycles. The van der Waals surface area contributed by atoms with E-state index in [4.69, 9.17) is 5.84 Å². The first-order valence-electron chi connectivity index (χ1n) is 6.16. The van der Waals surface area contributed by atoms with Crippen LogP contribution in [0.3, 0.4) is 0 Å². The number of nitrogen functional groups attached to an aromatic ring is 1. The molecule has 5 heteroatoms. The number of anilines is 1. The van der Waals surface area contributed by atoms with Crippen LogP contribution in [0.15, 0.2) is 24.4 Å². The third-order valence-corrected chi connectivity index (χ3v) is 3.21. The topological polar surface area (TPSA) is 76.7 Å². The van der Waals surface area contributed by atoms with Crippen molar-refractivity contribution in [3.05, 3.63) is 35.7 Å². The highest BCUT2D eigenvalue weighted by Gasteiger charge is 2.18. The molecule has 0 amide bonds. The van der Waals surface area contributed by atoms with Crippen LogP contribution in [0, 0.1) is 0 Å². The fourth-order valence-corrected chi connectivity index (χ4v) is 2.32. The molecule has 0 atom stereocenters. The van der Waals surface area contributed by atoms with Crippen molar-refractivity contribution >= 4 is 5.82 Å². The van der Waals surface area contributed by atoms with E-state index in [1.54, 1.807) is 6.20 Å². The van der Waals surface area contributed by atoms with E-state index in [-0.39, 0.29) is 0 Å². The first-order valence-corrected chi connectivity index (χ1v) is 6.16. The quantitative estimate of drug-likeness (QED) is 0.618. The maximum absolute atomic E-state index is 5.56. The number of nitrogens with two attached hydrogens (primary N) is 1. The molecule has 0 saturated heterocycles. The zero-order valence-electron chi connectivity index (χ0n) is 10.1. The molecule has 1 aliphatic rings. The van der Waals surface area contributed by atoms with Gasteiger partial charge < -0.3 is 5.43 Å². The first kappa shape index (κ1) is 11.1. The fraction of sp³-hybridized carbons (Fsp3) is 0.308. The van der Waals surface area contributed by atoms with E-state index in [1.165, 1.54) is 12.8 Å². The second kappa shape index (κ2) is 4.70. The number of nitrogens with zero attached hydrogens (tertiary/aromatic N) is 3. The number of rotatable bonds is 2. The van der Waals surface area contributed by atoms with Crippen molar-refractivity contribution in [3.63, 3.8) is 0 Å². The number of pyridine rings is 1. The molecule has 2 heterocycles. The number of aromatic nitrogens is 3. The SMILES string of the molecule is NNc1nc(-c2ccccn2)nc2c1CCCC2. The van der Waals surface area contributed by atoms with Crippen LogP contribution in [0.25, 0.3) is 11.5 Å². The fourth-order valence-electron chi connectivity index (χ4n) is 2.32. The minimum atomic E-state index is 0.643. The highest BCUT2D eigenvalue weighted by Crippen LogP contribution is 2.27. The Morgan fingerprint density at radius 1 is 1.11 bits per heavy atom. The molecule has 0 fully saturated rings. The summed E-state index contributed by atoms with van der Waals surface area (Å²) in [6.07, 6.45) is 6.08. The number of hydrogen-bond acceptors (Lipinski definition) is 5. The van der Waals surface area contributed by atoms with Gasteiger partial charge in [0, 0.05) is 17.5 Å². The van der Waals surface area contributed by atoms with Crippen LogP contribution in [0.5, 0.6) is 0 Å². The van der Waals surface area contributed by atoms with E-state index in [1.807, 2.05) is 18.2 Å². The standard InChI is InChI=1S/C13H15N5/c14-18-12-9-5-1-2-6-10(9)16-13(17-12)11-7-3-4-8-15-11/h3-4,7-8H,1-2,5-6,14H2,(H,16,17,18). The molecule has 18 heavy (non-hydrogen) atoms. The van der Waals surface area contributed by atoms with Gasteiger partial charge in [0.25, 0.3) is 0 Å². The van der Waals surface area contributed by atoms with E-state index in [0.717, 1.165) is 35.6 Å². The van der Waals surface area contributed by atoms with Gasteiger partial charge in [-0.25, -0.2) is 15.8 Å². The van der Waals surface area contributed by atoms with E-state index < -0.39 is 0 Å². The lowest BCUT2D eigenvalue weighted by Crippen LogP contribution is -2.17. The number of hydrogen-bond donors (Lipinski definition) is 2.